The van der Waals surface area contributed by atoms with Crippen LogP contribution in [0.4, 0.5) is 0 Å². The molecule has 2 aliphatic rings. The first-order valence-electron chi connectivity index (χ1n) is 6.63. The van der Waals surface area contributed by atoms with Crippen LogP contribution in [0.25, 0.3) is 0 Å². The van der Waals surface area contributed by atoms with E-state index < -0.39 is 0 Å². The maximum Gasteiger partial charge on any atom is 0.0468 e. The van der Waals surface area contributed by atoms with Crippen molar-refractivity contribution in [2.24, 2.45) is 5.41 Å². The Balaban J connectivity index is 1.64. The molecule has 1 aliphatic heterocycles. The van der Waals surface area contributed by atoms with Crippen LogP contribution in [-0.2, 0) is 4.74 Å². The number of methoxy groups -OCH3 is 1. The SMILES string of the molecule is COCCC1(CNCC2(C)CCCN2)CC1. The van der Waals surface area contributed by atoms with Gasteiger partial charge >= 0.3 is 0 Å². The van der Waals surface area contributed by atoms with E-state index in [0.717, 1.165) is 13.2 Å². The highest BCUT2D eigenvalue weighted by Gasteiger charge is 2.42. The lowest BCUT2D eigenvalue weighted by molar-refractivity contribution is 0.170. The monoisotopic (exact) mass is 226 g/mol. The zero-order chi connectivity index (χ0) is 11.5. The molecule has 1 heterocycles. The van der Waals surface area contributed by atoms with Crippen molar-refractivity contribution >= 4 is 0 Å². The second kappa shape index (κ2) is 5.03. The zero-order valence-electron chi connectivity index (χ0n) is 10.8. The number of hydrogen-bond donors (Lipinski definition) is 2. The molecule has 3 heteroatoms. The van der Waals surface area contributed by atoms with Crippen LogP contribution >= 0.6 is 0 Å². The van der Waals surface area contributed by atoms with Gasteiger partial charge in [0.1, 0.15) is 0 Å². The molecule has 0 aromatic heterocycles. The summed E-state index contributed by atoms with van der Waals surface area (Å²) in [4.78, 5) is 0. The molecule has 0 radical (unpaired) electrons. The Labute approximate surface area is 99.3 Å². The summed E-state index contributed by atoms with van der Waals surface area (Å²) in [5.74, 6) is 0. The van der Waals surface area contributed by atoms with Crippen molar-refractivity contribution in [1.82, 2.24) is 10.6 Å². The van der Waals surface area contributed by atoms with Gasteiger partial charge in [0, 0.05) is 32.3 Å². The van der Waals surface area contributed by atoms with Crippen molar-refractivity contribution in [1.29, 1.82) is 0 Å². The third-order valence-electron chi connectivity index (χ3n) is 4.27. The summed E-state index contributed by atoms with van der Waals surface area (Å²) in [6, 6.07) is 0. The third kappa shape index (κ3) is 3.19. The highest BCUT2D eigenvalue weighted by Crippen LogP contribution is 2.48. The van der Waals surface area contributed by atoms with Gasteiger partial charge in [-0.2, -0.15) is 0 Å². The molecule has 1 unspecified atom stereocenters. The van der Waals surface area contributed by atoms with E-state index in [4.69, 9.17) is 4.74 Å². The minimum absolute atomic E-state index is 0.345. The largest absolute Gasteiger partial charge is 0.385 e. The molecule has 1 aliphatic carbocycles. The fraction of sp³-hybridized carbons (Fsp3) is 1.00. The van der Waals surface area contributed by atoms with Gasteiger partial charge in [0.15, 0.2) is 0 Å². The second-order valence-corrected chi connectivity index (χ2v) is 5.94. The minimum atomic E-state index is 0.345. The Bertz CT molecular complexity index is 220. The zero-order valence-corrected chi connectivity index (χ0v) is 10.8. The van der Waals surface area contributed by atoms with E-state index >= 15 is 0 Å². The summed E-state index contributed by atoms with van der Waals surface area (Å²) in [6.45, 7) is 6.72. The number of hydrogen-bond acceptors (Lipinski definition) is 3. The van der Waals surface area contributed by atoms with Crippen LogP contribution in [0.1, 0.15) is 39.0 Å². The van der Waals surface area contributed by atoms with E-state index in [1.165, 1.54) is 45.2 Å². The van der Waals surface area contributed by atoms with E-state index in [9.17, 15) is 0 Å². The number of ether oxygens (including phenoxy) is 1. The molecular formula is C13H26N2O. The van der Waals surface area contributed by atoms with Gasteiger partial charge in [-0.05, 0) is 51.0 Å². The lowest BCUT2D eigenvalue weighted by Crippen LogP contribution is -2.46. The summed E-state index contributed by atoms with van der Waals surface area (Å²) in [5.41, 5.74) is 0.919. The van der Waals surface area contributed by atoms with Crippen LogP contribution in [-0.4, -0.2) is 38.9 Å². The summed E-state index contributed by atoms with van der Waals surface area (Å²) in [5, 5.41) is 7.26. The first-order valence-corrected chi connectivity index (χ1v) is 6.63. The molecule has 0 aromatic carbocycles. The third-order valence-corrected chi connectivity index (χ3v) is 4.27. The quantitative estimate of drug-likeness (QED) is 0.691. The maximum absolute atomic E-state index is 5.18. The summed E-state index contributed by atoms with van der Waals surface area (Å²) in [6.07, 6.45) is 6.62. The fourth-order valence-electron chi connectivity index (χ4n) is 2.72. The molecule has 0 bridgehead atoms. The second-order valence-electron chi connectivity index (χ2n) is 5.94. The first kappa shape index (κ1) is 12.3. The Kier molecular flexibility index (Phi) is 3.88. The number of nitrogens with one attached hydrogen (secondary N) is 2. The van der Waals surface area contributed by atoms with Crippen LogP contribution in [0, 0.1) is 5.41 Å². The molecule has 3 nitrogen and oxygen atoms in total. The average molecular weight is 226 g/mol. The molecule has 0 spiro atoms. The van der Waals surface area contributed by atoms with Gasteiger partial charge in [0.05, 0.1) is 0 Å². The molecule has 94 valence electrons. The van der Waals surface area contributed by atoms with Gasteiger partial charge in [0.2, 0.25) is 0 Å². The van der Waals surface area contributed by atoms with E-state index in [0.29, 0.717) is 11.0 Å². The Morgan fingerprint density at radius 2 is 2.06 bits per heavy atom. The van der Waals surface area contributed by atoms with Gasteiger partial charge in [-0.3, -0.25) is 0 Å². The molecule has 1 atom stereocenters. The predicted octanol–water partition coefficient (Wildman–Crippen LogP) is 1.53. The first-order chi connectivity index (χ1) is 7.68. The van der Waals surface area contributed by atoms with E-state index in [2.05, 4.69) is 17.6 Å². The summed E-state index contributed by atoms with van der Waals surface area (Å²) < 4.78 is 5.18. The van der Waals surface area contributed by atoms with E-state index in [-0.39, 0.29) is 0 Å². The van der Waals surface area contributed by atoms with Gasteiger partial charge < -0.3 is 15.4 Å². The average Bonchev–Trinajstić information content (AvgIpc) is 2.91. The van der Waals surface area contributed by atoms with Gasteiger partial charge in [-0.1, -0.05) is 0 Å². The van der Waals surface area contributed by atoms with Crippen LogP contribution < -0.4 is 10.6 Å². The molecule has 1 saturated carbocycles. The predicted molar refractivity (Wildman–Crippen MR) is 66.7 cm³/mol. The topological polar surface area (TPSA) is 33.3 Å². The fourth-order valence-corrected chi connectivity index (χ4v) is 2.72. The van der Waals surface area contributed by atoms with Crippen LogP contribution in [0.5, 0.6) is 0 Å². The van der Waals surface area contributed by atoms with Crippen molar-refractivity contribution in [3.63, 3.8) is 0 Å². The molecule has 2 rings (SSSR count). The Morgan fingerprint density at radius 3 is 2.62 bits per heavy atom. The normalized spacial score (nSPS) is 31.9. The molecule has 1 saturated heterocycles. The minimum Gasteiger partial charge on any atom is -0.385 e. The summed E-state index contributed by atoms with van der Waals surface area (Å²) in [7, 11) is 1.80. The van der Waals surface area contributed by atoms with Crippen LogP contribution in [0.2, 0.25) is 0 Å². The van der Waals surface area contributed by atoms with Crippen LogP contribution in [0.15, 0.2) is 0 Å². The molecule has 0 amide bonds. The lowest BCUT2D eigenvalue weighted by atomic mass is 9.99. The van der Waals surface area contributed by atoms with Crippen molar-refractivity contribution in [3.05, 3.63) is 0 Å². The molecule has 0 aromatic rings. The molecule has 16 heavy (non-hydrogen) atoms. The standard InChI is InChI=1S/C13H26N2O/c1-12(4-3-8-15-12)10-14-11-13(5-6-13)7-9-16-2/h14-15H,3-11H2,1-2H3. The van der Waals surface area contributed by atoms with Crippen molar-refractivity contribution < 1.29 is 4.74 Å². The van der Waals surface area contributed by atoms with Crippen LogP contribution in [0.3, 0.4) is 0 Å². The smallest absolute Gasteiger partial charge is 0.0468 e. The summed E-state index contributed by atoms with van der Waals surface area (Å²) >= 11 is 0. The van der Waals surface area contributed by atoms with E-state index in [1.54, 1.807) is 7.11 Å². The van der Waals surface area contributed by atoms with Gasteiger partial charge in [-0.25, -0.2) is 0 Å². The molecule has 2 N–H and O–H groups in total. The maximum atomic E-state index is 5.18. The highest BCUT2D eigenvalue weighted by atomic mass is 16.5. The lowest BCUT2D eigenvalue weighted by Gasteiger charge is -2.26. The number of rotatable bonds is 7. The van der Waals surface area contributed by atoms with Gasteiger partial charge in [0.25, 0.3) is 0 Å². The van der Waals surface area contributed by atoms with Crippen molar-refractivity contribution in [3.8, 4) is 0 Å². The molecule has 2 fully saturated rings. The Hall–Kier alpha value is -0.120. The van der Waals surface area contributed by atoms with E-state index in [1.807, 2.05) is 0 Å². The highest BCUT2D eigenvalue weighted by molar-refractivity contribution is 4.97. The van der Waals surface area contributed by atoms with Gasteiger partial charge in [-0.15, -0.1) is 0 Å². The van der Waals surface area contributed by atoms with Crippen molar-refractivity contribution in [2.45, 2.75) is 44.6 Å². The Morgan fingerprint density at radius 1 is 1.25 bits per heavy atom. The van der Waals surface area contributed by atoms with Crippen molar-refractivity contribution in [2.75, 3.05) is 33.4 Å². The molecular weight excluding hydrogens is 200 g/mol.